The lowest BCUT2D eigenvalue weighted by molar-refractivity contribution is 0.185. The number of aliphatic imine (C=N–C) groups is 1. The first-order valence-corrected chi connectivity index (χ1v) is 8.83. The summed E-state index contributed by atoms with van der Waals surface area (Å²) < 4.78 is 4.79. The third-order valence-electron chi connectivity index (χ3n) is 5.83. The van der Waals surface area contributed by atoms with Gasteiger partial charge in [-0.25, -0.2) is 4.63 Å². The molecular weight excluding hydrogens is 312 g/mol. The van der Waals surface area contributed by atoms with Gasteiger partial charge in [0, 0.05) is 17.7 Å². The summed E-state index contributed by atoms with van der Waals surface area (Å²) in [6.45, 7) is 5.30. The van der Waals surface area contributed by atoms with Gasteiger partial charge in [0.05, 0.1) is 5.69 Å². The fraction of sp³-hybridized carbons (Fsp3) is 0.350. The van der Waals surface area contributed by atoms with E-state index < -0.39 is 0 Å². The Bertz CT molecular complexity index is 966. The number of rotatable bonds is 2. The van der Waals surface area contributed by atoms with E-state index in [1.54, 1.807) is 0 Å². The van der Waals surface area contributed by atoms with Gasteiger partial charge in [-0.3, -0.25) is 9.89 Å². The third-order valence-corrected chi connectivity index (χ3v) is 5.83. The summed E-state index contributed by atoms with van der Waals surface area (Å²) in [5.74, 6) is 0. The zero-order chi connectivity index (χ0) is 16.9. The molecule has 3 heterocycles. The minimum absolute atomic E-state index is 0.146. The van der Waals surface area contributed by atoms with Crippen LogP contribution >= 0.6 is 0 Å². The molecule has 3 aromatic rings. The van der Waals surface area contributed by atoms with E-state index in [9.17, 15) is 0 Å². The van der Waals surface area contributed by atoms with Crippen molar-refractivity contribution in [3.8, 4) is 0 Å². The number of aromatic nitrogens is 2. The van der Waals surface area contributed by atoms with Crippen molar-refractivity contribution in [2.75, 3.05) is 13.1 Å². The van der Waals surface area contributed by atoms with Crippen molar-refractivity contribution >= 4 is 22.4 Å². The summed E-state index contributed by atoms with van der Waals surface area (Å²) >= 11 is 0. The molecule has 1 saturated heterocycles. The van der Waals surface area contributed by atoms with E-state index in [4.69, 9.17) is 9.62 Å². The van der Waals surface area contributed by atoms with Gasteiger partial charge < -0.3 is 0 Å². The van der Waals surface area contributed by atoms with Gasteiger partial charge in [-0.2, -0.15) is 0 Å². The maximum atomic E-state index is 4.84. The summed E-state index contributed by atoms with van der Waals surface area (Å²) in [6, 6.07) is 14.8. The molecule has 0 aliphatic carbocycles. The second kappa shape index (κ2) is 5.49. The van der Waals surface area contributed by atoms with E-state index in [1.807, 2.05) is 6.07 Å². The van der Waals surface area contributed by atoms with Gasteiger partial charge in [-0.1, -0.05) is 24.3 Å². The molecule has 1 spiro atoms. The van der Waals surface area contributed by atoms with Gasteiger partial charge >= 0.3 is 0 Å². The molecule has 1 aromatic heterocycles. The highest BCUT2D eigenvalue weighted by atomic mass is 16.6. The van der Waals surface area contributed by atoms with E-state index in [1.165, 1.54) is 16.8 Å². The van der Waals surface area contributed by atoms with Crippen molar-refractivity contribution in [2.24, 2.45) is 4.99 Å². The van der Waals surface area contributed by atoms with Crippen LogP contribution in [0.5, 0.6) is 0 Å². The highest BCUT2D eigenvalue weighted by molar-refractivity contribution is 6.00. The smallest absolute Gasteiger partial charge is 0.135 e. The molecule has 0 bridgehead atoms. The van der Waals surface area contributed by atoms with Crippen molar-refractivity contribution in [1.82, 2.24) is 15.2 Å². The number of nitrogens with zero attached hydrogens (tertiary/aromatic N) is 4. The lowest BCUT2D eigenvalue weighted by atomic mass is 9.71. The largest absolute Gasteiger partial charge is 0.299 e. The highest BCUT2D eigenvalue weighted by Gasteiger charge is 2.43. The average Bonchev–Trinajstić information content (AvgIpc) is 3.20. The molecule has 0 atom stereocenters. The second-order valence-electron chi connectivity index (χ2n) is 7.16. The second-order valence-corrected chi connectivity index (χ2v) is 7.16. The van der Waals surface area contributed by atoms with Gasteiger partial charge in [0.1, 0.15) is 11.0 Å². The normalized spacial score (nSPS) is 19.3. The van der Waals surface area contributed by atoms with Crippen molar-refractivity contribution in [1.29, 1.82) is 0 Å². The first-order chi connectivity index (χ1) is 12.2. The molecule has 0 unspecified atom stereocenters. The van der Waals surface area contributed by atoms with Crippen LogP contribution in [0.3, 0.4) is 0 Å². The number of hydrogen-bond acceptors (Lipinski definition) is 5. The summed E-state index contributed by atoms with van der Waals surface area (Å²) in [7, 11) is 0. The van der Waals surface area contributed by atoms with Crippen LogP contribution in [0.1, 0.15) is 30.9 Å². The molecule has 2 aliphatic rings. The van der Waals surface area contributed by atoms with Crippen LogP contribution in [0.25, 0.3) is 11.0 Å². The minimum atomic E-state index is 0.146. The maximum Gasteiger partial charge on any atom is 0.135 e. The van der Waals surface area contributed by atoms with Gasteiger partial charge in [-0.05, 0) is 72.5 Å². The van der Waals surface area contributed by atoms with Crippen LogP contribution in [0.15, 0.2) is 52.1 Å². The van der Waals surface area contributed by atoms with Crippen molar-refractivity contribution in [3.63, 3.8) is 0 Å². The van der Waals surface area contributed by atoms with E-state index in [2.05, 4.69) is 58.5 Å². The molecule has 5 heteroatoms. The molecule has 1 fully saturated rings. The Morgan fingerprint density at radius 1 is 1.04 bits per heavy atom. The zero-order valence-corrected chi connectivity index (χ0v) is 14.3. The van der Waals surface area contributed by atoms with E-state index in [-0.39, 0.29) is 5.41 Å². The molecule has 2 aliphatic heterocycles. The Morgan fingerprint density at radius 2 is 1.84 bits per heavy atom. The first kappa shape index (κ1) is 14.8. The Labute approximate surface area is 146 Å². The van der Waals surface area contributed by atoms with Gasteiger partial charge in [0.25, 0.3) is 0 Å². The maximum absolute atomic E-state index is 4.84. The predicted octanol–water partition coefficient (Wildman–Crippen LogP) is 3.86. The molecule has 0 N–H and O–H groups in total. The minimum Gasteiger partial charge on any atom is -0.299 e. The molecule has 0 radical (unpaired) electrons. The number of hydrogen-bond donors (Lipinski definition) is 0. The van der Waals surface area contributed by atoms with E-state index in [0.29, 0.717) is 0 Å². The number of fused-ring (bicyclic) bond motifs is 3. The zero-order valence-electron chi connectivity index (χ0n) is 14.3. The highest BCUT2D eigenvalue weighted by Crippen LogP contribution is 2.46. The van der Waals surface area contributed by atoms with Crippen molar-refractivity contribution < 1.29 is 4.63 Å². The van der Waals surface area contributed by atoms with Crippen molar-refractivity contribution in [3.05, 3.63) is 53.6 Å². The SMILES string of the molecule is CC1=Nc2ccccc2C12CCN(Cc1ccc3nonc3c1)CC2. The van der Waals surface area contributed by atoms with Crippen LogP contribution in [0.4, 0.5) is 5.69 Å². The molecule has 126 valence electrons. The number of para-hydroxylation sites is 1. The summed E-state index contributed by atoms with van der Waals surface area (Å²) in [5, 5.41) is 7.82. The number of benzene rings is 2. The molecular formula is C20H20N4O. The quantitative estimate of drug-likeness (QED) is 0.715. The lowest BCUT2D eigenvalue weighted by Crippen LogP contribution is -2.44. The third kappa shape index (κ3) is 2.30. The van der Waals surface area contributed by atoms with Crippen LogP contribution in [-0.2, 0) is 12.0 Å². The molecule has 5 rings (SSSR count). The predicted molar refractivity (Wildman–Crippen MR) is 97.2 cm³/mol. The van der Waals surface area contributed by atoms with Gasteiger partial charge in [0.15, 0.2) is 0 Å². The summed E-state index contributed by atoms with van der Waals surface area (Å²) in [6.07, 6.45) is 2.26. The monoisotopic (exact) mass is 332 g/mol. The molecule has 25 heavy (non-hydrogen) atoms. The number of piperidine rings is 1. The number of likely N-dealkylation sites (tertiary alicyclic amines) is 1. The Kier molecular flexibility index (Phi) is 3.25. The lowest BCUT2D eigenvalue weighted by Gasteiger charge is -2.40. The van der Waals surface area contributed by atoms with Crippen molar-refractivity contribution in [2.45, 2.75) is 31.7 Å². The molecule has 5 nitrogen and oxygen atoms in total. The van der Waals surface area contributed by atoms with Crippen LogP contribution in [-0.4, -0.2) is 34.0 Å². The Balaban J connectivity index is 1.34. The molecule has 2 aromatic carbocycles. The fourth-order valence-electron chi connectivity index (χ4n) is 4.37. The van der Waals surface area contributed by atoms with Crippen LogP contribution < -0.4 is 0 Å². The fourth-order valence-corrected chi connectivity index (χ4v) is 4.37. The Hall–Kier alpha value is -2.53. The van der Waals surface area contributed by atoms with E-state index in [0.717, 1.165) is 49.2 Å². The summed E-state index contributed by atoms with van der Waals surface area (Å²) in [4.78, 5) is 7.36. The summed E-state index contributed by atoms with van der Waals surface area (Å²) in [5.41, 5.74) is 6.92. The van der Waals surface area contributed by atoms with Crippen LogP contribution in [0.2, 0.25) is 0 Å². The molecule has 0 saturated carbocycles. The van der Waals surface area contributed by atoms with Gasteiger partial charge in [-0.15, -0.1) is 0 Å². The van der Waals surface area contributed by atoms with Crippen LogP contribution in [0, 0.1) is 0 Å². The standard InChI is InChI=1S/C20H20N4O/c1-14-20(16-4-2-3-5-17(16)21-14)8-10-24(11-9-20)13-15-6-7-18-19(12-15)23-25-22-18/h2-7,12H,8-11,13H2,1H3. The average molecular weight is 332 g/mol. The van der Waals surface area contributed by atoms with Gasteiger partial charge in [0.2, 0.25) is 0 Å². The molecule has 0 amide bonds. The Morgan fingerprint density at radius 3 is 2.72 bits per heavy atom. The first-order valence-electron chi connectivity index (χ1n) is 8.83. The topological polar surface area (TPSA) is 54.5 Å². The van der Waals surface area contributed by atoms with E-state index >= 15 is 0 Å².